The van der Waals surface area contributed by atoms with Crippen LogP contribution in [0.15, 0.2) is 47.2 Å². The monoisotopic (exact) mass is 396 g/mol. The molecule has 0 radical (unpaired) electrons. The summed E-state index contributed by atoms with van der Waals surface area (Å²) in [6, 6.07) is 4.58. The highest BCUT2D eigenvalue weighted by atomic mass is 32.1. The Kier molecular flexibility index (Phi) is 5.73. The molecule has 0 saturated carbocycles. The Balaban J connectivity index is 1.33. The van der Waals surface area contributed by atoms with Gasteiger partial charge in [-0.1, -0.05) is 23.8 Å². The topological polar surface area (TPSA) is 47.0 Å². The minimum absolute atomic E-state index is 0.523. The van der Waals surface area contributed by atoms with Crippen LogP contribution >= 0.6 is 12.2 Å². The Bertz CT molecular complexity index is 822. The number of hydrogen-bond donors (Lipinski definition) is 1. The van der Waals surface area contributed by atoms with E-state index in [9.17, 15) is 0 Å². The highest BCUT2D eigenvalue weighted by Gasteiger charge is 2.24. The van der Waals surface area contributed by atoms with Crippen LogP contribution in [0.25, 0.3) is 0 Å². The van der Waals surface area contributed by atoms with Crippen LogP contribution in [0.5, 0.6) is 0 Å². The molecule has 3 heterocycles. The second kappa shape index (κ2) is 8.41. The van der Waals surface area contributed by atoms with Crippen LogP contribution in [-0.2, 0) is 0 Å². The van der Waals surface area contributed by atoms with Crippen molar-refractivity contribution in [2.45, 2.75) is 25.8 Å². The van der Waals surface area contributed by atoms with Crippen LogP contribution < -0.4 is 10.3 Å². The zero-order valence-corrected chi connectivity index (χ0v) is 17.5. The summed E-state index contributed by atoms with van der Waals surface area (Å²) in [6.07, 6.45) is 10.7. The third-order valence-electron chi connectivity index (χ3n) is 5.77. The summed E-state index contributed by atoms with van der Waals surface area (Å²) in [5, 5.41) is 5.32. The number of piperazine rings is 1. The molecule has 1 N–H and O–H groups in total. The lowest BCUT2D eigenvalue weighted by atomic mass is 10.0. The van der Waals surface area contributed by atoms with Gasteiger partial charge >= 0.3 is 0 Å². The molecule has 3 aliphatic rings. The van der Waals surface area contributed by atoms with Gasteiger partial charge in [0.25, 0.3) is 0 Å². The van der Waals surface area contributed by atoms with Gasteiger partial charge in [-0.15, -0.1) is 0 Å². The third kappa shape index (κ3) is 4.10. The van der Waals surface area contributed by atoms with E-state index < -0.39 is 0 Å². The molecule has 1 fully saturated rings. The van der Waals surface area contributed by atoms with Crippen molar-refractivity contribution >= 4 is 28.7 Å². The molecule has 0 bridgehead atoms. The number of nitrogens with one attached hydrogen (secondary N) is 1. The highest BCUT2D eigenvalue weighted by molar-refractivity contribution is 7.80. The zero-order valence-electron chi connectivity index (χ0n) is 16.6. The quantitative estimate of drug-likeness (QED) is 0.612. The standard InChI is InChI=1S/C21H28N6S/c1-16-5-7-17(8-6-16)26-12-14-27(15-13-26)21(28)24-23-18-9-11-25(2)19-4-3-10-22-20(18)19/h3-7,10,17H,8-9,11-15H2,1-2H3,(H,24,28)/b23-18-. The average molecular weight is 397 g/mol. The van der Waals surface area contributed by atoms with Gasteiger partial charge in [-0.2, -0.15) is 5.10 Å². The van der Waals surface area contributed by atoms with Gasteiger partial charge in [-0.25, -0.2) is 0 Å². The van der Waals surface area contributed by atoms with E-state index in [-0.39, 0.29) is 0 Å². The molecule has 1 aliphatic carbocycles. The second-order valence-electron chi connectivity index (χ2n) is 7.65. The molecule has 1 aromatic heterocycles. The predicted molar refractivity (Wildman–Crippen MR) is 119 cm³/mol. The fourth-order valence-corrected chi connectivity index (χ4v) is 4.21. The van der Waals surface area contributed by atoms with Gasteiger partial charge in [-0.3, -0.25) is 15.3 Å². The Hall–Kier alpha value is -2.25. The Morgan fingerprint density at radius 3 is 2.82 bits per heavy atom. The molecule has 28 heavy (non-hydrogen) atoms. The molecule has 0 aromatic carbocycles. The van der Waals surface area contributed by atoms with Crippen LogP contribution in [0, 0.1) is 0 Å². The normalized spacial score (nSPS) is 24.1. The fraction of sp³-hybridized carbons (Fsp3) is 0.476. The highest BCUT2D eigenvalue weighted by Crippen LogP contribution is 2.23. The maximum absolute atomic E-state index is 5.61. The Morgan fingerprint density at radius 1 is 1.25 bits per heavy atom. The van der Waals surface area contributed by atoms with Gasteiger partial charge in [0, 0.05) is 58.4 Å². The number of nitrogens with zero attached hydrogens (tertiary/aromatic N) is 5. The molecular weight excluding hydrogens is 368 g/mol. The third-order valence-corrected chi connectivity index (χ3v) is 6.12. The van der Waals surface area contributed by atoms with Crippen LogP contribution in [0.2, 0.25) is 0 Å². The summed E-state index contributed by atoms with van der Waals surface area (Å²) in [5.74, 6) is 0. The Morgan fingerprint density at radius 2 is 2.07 bits per heavy atom. The van der Waals surface area contributed by atoms with Crippen molar-refractivity contribution in [2.24, 2.45) is 5.10 Å². The van der Waals surface area contributed by atoms with Crippen molar-refractivity contribution in [2.75, 3.05) is 44.7 Å². The number of hydrogen-bond acceptors (Lipinski definition) is 5. The molecular formula is C21H28N6S. The summed E-state index contributed by atoms with van der Waals surface area (Å²) in [6.45, 7) is 7.01. The van der Waals surface area contributed by atoms with Crippen LogP contribution in [0.4, 0.5) is 5.69 Å². The number of pyridine rings is 1. The molecule has 6 nitrogen and oxygen atoms in total. The number of aromatic nitrogens is 1. The lowest BCUT2D eigenvalue weighted by Gasteiger charge is -2.39. The van der Waals surface area contributed by atoms with Crippen molar-refractivity contribution in [1.29, 1.82) is 0 Å². The number of allylic oxidation sites excluding steroid dienone is 2. The first-order valence-electron chi connectivity index (χ1n) is 9.99. The first-order valence-corrected chi connectivity index (χ1v) is 10.4. The molecule has 0 amide bonds. The SMILES string of the molecule is CC1=CCC(N2CCN(C(=S)N/N=C3/CCN(C)c4cccnc43)CC2)C=C1. The van der Waals surface area contributed by atoms with Crippen molar-refractivity contribution in [1.82, 2.24) is 20.2 Å². The first-order chi connectivity index (χ1) is 13.6. The van der Waals surface area contributed by atoms with Gasteiger partial charge < -0.3 is 9.80 Å². The maximum Gasteiger partial charge on any atom is 0.189 e. The van der Waals surface area contributed by atoms with Crippen LogP contribution in [0.3, 0.4) is 0 Å². The Labute approximate surface area is 172 Å². The molecule has 1 aromatic rings. The van der Waals surface area contributed by atoms with Crippen LogP contribution in [-0.4, -0.2) is 71.4 Å². The number of rotatable bonds is 2. The van der Waals surface area contributed by atoms with Gasteiger partial charge in [-0.05, 0) is 37.7 Å². The predicted octanol–water partition coefficient (Wildman–Crippen LogP) is 2.39. The summed E-state index contributed by atoms with van der Waals surface area (Å²) in [4.78, 5) is 11.5. The number of hydrazone groups is 1. The van der Waals surface area contributed by atoms with E-state index in [1.807, 2.05) is 12.3 Å². The van der Waals surface area contributed by atoms with E-state index in [2.05, 4.69) is 68.5 Å². The molecule has 0 spiro atoms. The smallest absolute Gasteiger partial charge is 0.189 e. The molecule has 2 aliphatic heterocycles. The largest absolute Gasteiger partial charge is 0.372 e. The molecule has 7 heteroatoms. The number of thiocarbonyl (C=S) groups is 1. The maximum atomic E-state index is 5.61. The van der Waals surface area contributed by atoms with Crippen molar-refractivity contribution in [3.63, 3.8) is 0 Å². The molecule has 1 unspecified atom stereocenters. The van der Waals surface area contributed by atoms with Gasteiger partial charge in [0.15, 0.2) is 5.11 Å². The molecule has 1 saturated heterocycles. The minimum Gasteiger partial charge on any atom is -0.372 e. The summed E-state index contributed by atoms with van der Waals surface area (Å²) >= 11 is 5.61. The van der Waals surface area contributed by atoms with Crippen molar-refractivity contribution < 1.29 is 0 Å². The lowest BCUT2D eigenvalue weighted by Crippen LogP contribution is -2.53. The number of fused-ring (bicyclic) bond motifs is 1. The second-order valence-corrected chi connectivity index (χ2v) is 8.04. The minimum atomic E-state index is 0.523. The van der Waals surface area contributed by atoms with Gasteiger partial charge in [0.2, 0.25) is 0 Å². The number of anilines is 1. The van der Waals surface area contributed by atoms with E-state index in [1.165, 1.54) is 5.57 Å². The molecule has 4 rings (SSSR count). The molecule has 148 valence electrons. The molecule has 1 atom stereocenters. The first kappa shape index (κ1) is 19.1. The summed E-state index contributed by atoms with van der Waals surface area (Å²) in [7, 11) is 2.09. The zero-order chi connectivity index (χ0) is 19.5. The average Bonchev–Trinajstić information content (AvgIpc) is 2.74. The van der Waals surface area contributed by atoms with E-state index in [1.54, 1.807) is 0 Å². The van der Waals surface area contributed by atoms with E-state index in [0.29, 0.717) is 11.2 Å². The lowest BCUT2D eigenvalue weighted by molar-refractivity contribution is 0.153. The van der Waals surface area contributed by atoms with Gasteiger partial charge in [0.1, 0.15) is 5.69 Å². The van der Waals surface area contributed by atoms with Crippen molar-refractivity contribution in [3.8, 4) is 0 Å². The fourth-order valence-electron chi connectivity index (χ4n) is 3.98. The van der Waals surface area contributed by atoms with E-state index in [0.717, 1.165) is 62.7 Å². The van der Waals surface area contributed by atoms with Gasteiger partial charge in [0.05, 0.1) is 11.4 Å². The van der Waals surface area contributed by atoms with E-state index in [4.69, 9.17) is 12.2 Å². The van der Waals surface area contributed by atoms with Crippen LogP contribution in [0.1, 0.15) is 25.5 Å². The van der Waals surface area contributed by atoms with E-state index >= 15 is 0 Å². The van der Waals surface area contributed by atoms with Crippen molar-refractivity contribution in [3.05, 3.63) is 47.8 Å². The summed E-state index contributed by atoms with van der Waals surface area (Å²) in [5.41, 5.74) is 7.54. The summed E-state index contributed by atoms with van der Waals surface area (Å²) < 4.78 is 0.